The topological polar surface area (TPSA) is 77.2 Å². The van der Waals surface area contributed by atoms with E-state index in [1.807, 2.05) is 0 Å². The van der Waals surface area contributed by atoms with Crippen LogP contribution in [0.5, 0.6) is 0 Å². The third-order valence-corrected chi connectivity index (χ3v) is 2.64. The molecule has 2 atom stereocenters. The van der Waals surface area contributed by atoms with Crippen LogP contribution >= 0.6 is 0 Å². The number of amides is 1. The van der Waals surface area contributed by atoms with Crippen LogP contribution in [0.25, 0.3) is 0 Å². The van der Waals surface area contributed by atoms with Crippen molar-refractivity contribution in [3.63, 3.8) is 0 Å². The lowest BCUT2D eigenvalue weighted by Gasteiger charge is -2.12. The van der Waals surface area contributed by atoms with Crippen LogP contribution < -0.4 is 11.1 Å². The first kappa shape index (κ1) is 11.9. The SMILES string of the molecule is NCC1CCC(C(=O)Nc2ccc(F)cn2)O1. The van der Waals surface area contributed by atoms with Gasteiger partial charge < -0.3 is 15.8 Å². The zero-order chi connectivity index (χ0) is 12.3. The molecule has 0 spiro atoms. The third-order valence-electron chi connectivity index (χ3n) is 2.64. The first-order chi connectivity index (χ1) is 8.19. The number of rotatable bonds is 3. The molecule has 0 aromatic carbocycles. The number of aromatic nitrogens is 1. The Morgan fingerprint density at radius 3 is 3.00 bits per heavy atom. The van der Waals surface area contributed by atoms with Crippen LogP contribution in [0.15, 0.2) is 18.3 Å². The molecule has 5 nitrogen and oxygen atoms in total. The highest BCUT2D eigenvalue weighted by Crippen LogP contribution is 2.20. The summed E-state index contributed by atoms with van der Waals surface area (Å²) in [6.45, 7) is 0.415. The van der Waals surface area contributed by atoms with Gasteiger partial charge in [-0.2, -0.15) is 0 Å². The number of carbonyl (C=O) groups is 1. The van der Waals surface area contributed by atoms with Gasteiger partial charge in [0.2, 0.25) is 0 Å². The Balaban J connectivity index is 1.91. The van der Waals surface area contributed by atoms with Crippen LogP contribution in [0.2, 0.25) is 0 Å². The molecule has 17 heavy (non-hydrogen) atoms. The smallest absolute Gasteiger partial charge is 0.254 e. The Hall–Kier alpha value is -1.53. The third kappa shape index (κ3) is 2.98. The van der Waals surface area contributed by atoms with Crippen molar-refractivity contribution in [2.75, 3.05) is 11.9 Å². The molecule has 3 N–H and O–H groups in total. The quantitative estimate of drug-likeness (QED) is 0.812. The number of nitrogens with one attached hydrogen (secondary N) is 1. The minimum atomic E-state index is -0.490. The highest BCUT2D eigenvalue weighted by molar-refractivity contribution is 5.93. The molecule has 1 aromatic heterocycles. The molecule has 2 unspecified atom stereocenters. The van der Waals surface area contributed by atoms with Crippen molar-refractivity contribution in [3.05, 3.63) is 24.1 Å². The number of ether oxygens (including phenoxy) is 1. The second kappa shape index (κ2) is 5.20. The summed E-state index contributed by atoms with van der Waals surface area (Å²) in [5, 5.41) is 2.57. The lowest BCUT2D eigenvalue weighted by Crippen LogP contribution is -2.30. The van der Waals surface area contributed by atoms with Crippen molar-refractivity contribution in [2.45, 2.75) is 25.0 Å². The van der Waals surface area contributed by atoms with Gasteiger partial charge in [0.25, 0.3) is 5.91 Å². The van der Waals surface area contributed by atoms with Gasteiger partial charge in [0.15, 0.2) is 0 Å². The van der Waals surface area contributed by atoms with Gasteiger partial charge in [0.1, 0.15) is 17.7 Å². The summed E-state index contributed by atoms with van der Waals surface area (Å²) in [5.74, 6) is -0.389. The molecule has 0 radical (unpaired) electrons. The van der Waals surface area contributed by atoms with Crippen LogP contribution in [0.4, 0.5) is 10.2 Å². The number of nitrogens with zero attached hydrogens (tertiary/aromatic N) is 1. The molecule has 1 aliphatic rings. The minimum absolute atomic E-state index is 0.0491. The molecule has 92 valence electrons. The van der Waals surface area contributed by atoms with E-state index in [1.54, 1.807) is 0 Å². The summed E-state index contributed by atoms with van der Waals surface area (Å²) in [6, 6.07) is 2.64. The maximum absolute atomic E-state index is 12.6. The second-order valence-electron chi connectivity index (χ2n) is 3.91. The zero-order valence-corrected chi connectivity index (χ0v) is 9.23. The second-order valence-corrected chi connectivity index (χ2v) is 3.91. The highest BCUT2D eigenvalue weighted by Gasteiger charge is 2.29. The van der Waals surface area contributed by atoms with Crippen molar-refractivity contribution in [3.8, 4) is 0 Å². The molecule has 1 amide bonds. The van der Waals surface area contributed by atoms with Gasteiger partial charge in [-0.1, -0.05) is 0 Å². The summed E-state index contributed by atoms with van der Waals surface area (Å²) >= 11 is 0. The van der Waals surface area contributed by atoms with E-state index >= 15 is 0 Å². The number of anilines is 1. The summed E-state index contributed by atoms with van der Waals surface area (Å²) in [4.78, 5) is 15.5. The van der Waals surface area contributed by atoms with E-state index in [9.17, 15) is 9.18 Å². The lowest BCUT2D eigenvalue weighted by atomic mass is 10.2. The van der Waals surface area contributed by atoms with E-state index in [0.717, 1.165) is 12.6 Å². The fourth-order valence-corrected chi connectivity index (χ4v) is 1.73. The molecule has 1 fully saturated rings. The summed E-state index contributed by atoms with van der Waals surface area (Å²) < 4.78 is 18.0. The van der Waals surface area contributed by atoms with Gasteiger partial charge in [-0.15, -0.1) is 0 Å². The van der Waals surface area contributed by atoms with Gasteiger partial charge in [-0.05, 0) is 25.0 Å². The first-order valence-corrected chi connectivity index (χ1v) is 5.47. The molecule has 0 bridgehead atoms. The molecule has 1 saturated heterocycles. The first-order valence-electron chi connectivity index (χ1n) is 5.47. The van der Waals surface area contributed by atoms with Crippen LogP contribution in [0, 0.1) is 5.82 Å². The van der Waals surface area contributed by atoms with Gasteiger partial charge >= 0.3 is 0 Å². The molecule has 1 aliphatic heterocycles. The predicted octanol–water partition coefficient (Wildman–Crippen LogP) is 0.665. The number of carbonyl (C=O) groups excluding carboxylic acids is 1. The van der Waals surface area contributed by atoms with Crippen LogP contribution in [-0.2, 0) is 9.53 Å². The average molecular weight is 239 g/mol. The molecular formula is C11H14FN3O2. The largest absolute Gasteiger partial charge is 0.364 e. The standard InChI is InChI=1S/C11H14FN3O2/c12-7-1-4-10(14-6-7)15-11(16)9-3-2-8(5-13)17-9/h1,4,6,8-9H,2-3,5,13H2,(H,14,15,16). The fraction of sp³-hybridized carbons (Fsp3) is 0.455. The fourth-order valence-electron chi connectivity index (χ4n) is 1.73. The number of hydrogen-bond acceptors (Lipinski definition) is 4. The number of halogens is 1. The Morgan fingerprint density at radius 1 is 1.59 bits per heavy atom. The summed E-state index contributed by atoms with van der Waals surface area (Å²) in [7, 11) is 0. The molecule has 6 heteroatoms. The molecule has 0 aliphatic carbocycles. The average Bonchev–Trinajstić information content (AvgIpc) is 2.81. The van der Waals surface area contributed by atoms with E-state index in [-0.39, 0.29) is 12.0 Å². The number of pyridine rings is 1. The predicted molar refractivity (Wildman–Crippen MR) is 59.8 cm³/mol. The van der Waals surface area contributed by atoms with Crippen molar-refractivity contribution in [2.24, 2.45) is 5.73 Å². The highest BCUT2D eigenvalue weighted by atomic mass is 19.1. The Labute approximate surface area is 98.2 Å². The van der Waals surface area contributed by atoms with Gasteiger partial charge in [-0.3, -0.25) is 4.79 Å². The minimum Gasteiger partial charge on any atom is -0.364 e. The molecule has 1 aromatic rings. The molecule has 0 saturated carbocycles. The maximum atomic E-state index is 12.6. The van der Waals surface area contributed by atoms with Crippen molar-refractivity contribution < 1.29 is 13.9 Å². The Kier molecular flexibility index (Phi) is 3.65. The molecule has 2 rings (SSSR count). The zero-order valence-electron chi connectivity index (χ0n) is 9.23. The van der Waals surface area contributed by atoms with Crippen LogP contribution in [-0.4, -0.2) is 29.6 Å². The monoisotopic (exact) mass is 239 g/mol. The molecule has 2 heterocycles. The van der Waals surface area contributed by atoms with Crippen molar-refractivity contribution in [1.29, 1.82) is 0 Å². The Bertz CT molecular complexity index is 396. The normalized spacial score (nSPS) is 23.6. The molecular weight excluding hydrogens is 225 g/mol. The van der Waals surface area contributed by atoms with Gasteiger partial charge in [0.05, 0.1) is 12.3 Å². The van der Waals surface area contributed by atoms with E-state index < -0.39 is 11.9 Å². The van der Waals surface area contributed by atoms with Crippen molar-refractivity contribution in [1.82, 2.24) is 4.98 Å². The van der Waals surface area contributed by atoms with E-state index in [2.05, 4.69) is 10.3 Å². The van der Waals surface area contributed by atoms with E-state index in [0.29, 0.717) is 18.8 Å². The lowest BCUT2D eigenvalue weighted by molar-refractivity contribution is -0.126. The van der Waals surface area contributed by atoms with Gasteiger partial charge in [-0.25, -0.2) is 9.37 Å². The van der Waals surface area contributed by atoms with E-state index in [1.165, 1.54) is 12.1 Å². The van der Waals surface area contributed by atoms with Gasteiger partial charge in [0, 0.05) is 6.54 Å². The number of nitrogens with two attached hydrogens (primary N) is 1. The van der Waals surface area contributed by atoms with E-state index in [4.69, 9.17) is 10.5 Å². The van der Waals surface area contributed by atoms with Crippen LogP contribution in [0.1, 0.15) is 12.8 Å². The Morgan fingerprint density at radius 2 is 2.41 bits per heavy atom. The number of hydrogen-bond donors (Lipinski definition) is 2. The van der Waals surface area contributed by atoms with Crippen molar-refractivity contribution >= 4 is 11.7 Å². The summed E-state index contributed by atoms with van der Waals surface area (Å²) in [5.41, 5.74) is 5.45. The van der Waals surface area contributed by atoms with Crippen LogP contribution in [0.3, 0.4) is 0 Å². The summed E-state index contributed by atoms with van der Waals surface area (Å²) in [6.07, 6.45) is 1.94. The maximum Gasteiger partial charge on any atom is 0.254 e.